The van der Waals surface area contributed by atoms with Crippen LogP contribution >= 0.6 is 0 Å². The van der Waals surface area contributed by atoms with Crippen LogP contribution < -0.4 is 5.32 Å². The number of hydrogen-bond acceptors (Lipinski definition) is 2. The maximum Gasteiger partial charge on any atom is 0.0124 e. The Labute approximate surface area is 119 Å². The third-order valence-electron chi connectivity index (χ3n) is 5.80. The molecule has 0 radical (unpaired) electrons. The number of nitrogens with one attached hydrogen (secondary N) is 1. The smallest absolute Gasteiger partial charge is 0.0124 e. The van der Waals surface area contributed by atoms with Gasteiger partial charge in [0.25, 0.3) is 0 Å². The molecule has 0 amide bonds. The molecule has 1 saturated heterocycles. The van der Waals surface area contributed by atoms with Crippen molar-refractivity contribution in [2.24, 2.45) is 5.92 Å². The minimum absolute atomic E-state index is 0.835. The lowest BCUT2D eigenvalue weighted by Gasteiger charge is -2.30. The maximum atomic E-state index is 3.82. The van der Waals surface area contributed by atoms with Crippen LogP contribution in [0.5, 0.6) is 0 Å². The highest BCUT2D eigenvalue weighted by molar-refractivity contribution is 4.87. The van der Waals surface area contributed by atoms with Gasteiger partial charge in [-0.15, -0.1) is 0 Å². The molecule has 1 unspecified atom stereocenters. The summed E-state index contributed by atoms with van der Waals surface area (Å²) in [6, 6.07) is 1.77. The Morgan fingerprint density at radius 3 is 2.32 bits per heavy atom. The quantitative estimate of drug-likeness (QED) is 0.817. The molecule has 0 aromatic carbocycles. The lowest BCUT2D eigenvalue weighted by atomic mass is 9.95. The molecule has 2 saturated carbocycles. The van der Waals surface area contributed by atoms with Gasteiger partial charge in [0.1, 0.15) is 0 Å². The van der Waals surface area contributed by atoms with Crippen LogP contribution in [0.4, 0.5) is 0 Å². The van der Waals surface area contributed by atoms with Gasteiger partial charge in [-0.2, -0.15) is 0 Å². The zero-order chi connectivity index (χ0) is 12.9. The van der Waals surface area contributed by atoms with Gasteiger partial charge in [-0.3, -0.25) is 4.90 Å². The van der Waals surface area contributed by atoms with E-state index in [-0.39, 0.29) is 0 Å². The van der Waals surface area contributed by atoms with Crippen LogP contribution in [0.2, 0.25) is 0 Å². The van der Waals surface area contributed by atoms with E-state index in [0.29, 0.717) is 0 Å². The highest BCUT2D eigenvalue weighted by atomic mass is 15.2. The van der Waals surface area contributed by atoms with E-state index in [2.05, 4.69) is 10.2 Å². The predicted molar refractivity (Wildman–Crippen MR) is 81.4 cm³/mol. The van der Waals surface area contributed by atoms with Crippen molar-refractivity contribution in [1.29, 1.82) is 0 Å². The van der Waals surface area contributed by atoms with Crippen molar-refractivity contribution in [3.63, 3.8) is 0 Å². The molecule has 1 N–H and O–H groups in total. The second-order valence-electron chi connectivity index (χ2n) is 7.08. The summed E-state index contributed by atoms with van der Waals surface area (Å²) in [5.74, 6) is 1.04. The molecule has 0 bridgehead atoms. The summed E-state index contributed by atoms with van der Waals surface area (Å²) < 4.78 is 0. The first-order chi connectivity index (χ1) is 9.43. The molecule has 3 fully saturated rings. The zero-order valence-electron chi connectivity index (χ0n) is 12.6. The van der Waals surface area contributed by atoms with Crippen LogP contribution in [0, 0.1) is 5.92 Å². The summed E-state index contributed by atoms with van der Waals surface area (Å²) in [4.78, 5) is 2.81. The molecule has 0 spiro atoms. The van der Waals surface area contributed by atoms with Gasteiger partial charge < -0.3 is 5.32 Å². The van der Waals surface area contributed by atoms with Gasteiger partial charge in [-0.1, -0.05) is 32.1 Å². The van der Waals surface area contributed by atoms with Crippen LogP contribution in [-0.2, 0) is 0 Å². The average molecular weight is 264 g/mol. The van der Waals surface area contributed by atoms with Gasteiger partial charge in [0.05, 0.1) is 0 Å². The van der Waals surface area contributed by atoms with Crippen LogP contribution in [-0.4, -0.2) is 36.6 Å². The Kier molecular flexibility index (Phi) is 5.17. The van der Waals surface area contributed by atoms with E-state index < -0.39 is 0 Å². The molecular weight excluding hydrogens is 232 g/mol. The van der Waals surface area contributed by atoms with Crippen LogP contribution in [0.25, 0.3) is 0 Å². The van der Waals surface area contributed by atoms with Crippen molar-refractivity contribution in [2.45, 2.75) is 82.7 Å². The standard InChI is InChI=1S/C17H32N2/c1-2-9-16(10-3-1)18-12-14-19-13-6-11-17(19)15-7-4-5-8-15/h15-18H,1-14H2. The molecule has 2 heteroatoms. The summed E-state index contributed by atoms with van der Waals surface area (Å²) in [6.45, 7) is 3.90. The minimum Gasteiger partial charge on any atom is -0.313 e. The van der Waals surface area contributed by atoms with Crippen molar-refractivity contribution in [3.8, 4) is 0 Å². The SMILES string of the molecule is C1CCC(NCCN2CCCC2C2CCCC2)CC1. The molecule has 0 aromatic heterocycles. The molecule has 1 atom stereocenters. The molecule has 3 rings (SSSR count). The van der Waals surface area contributed by atoms with E-state index in [1.165, 1.54) is 90.3 Å². The van der Waals surface area contributed by atoms with E-state index in [1.54, 1.807) is 0 Å². The fourth-order valence-corrected chi connectivity index (χ4v) is 4.72. The molecule has 2 nitrogen and oxygen atoms in total. The van der Waals surface area contributed by atoms with Crippen molar-refractivity contribution in [2.75, 3.05) is 19.6 Å². The fraction of sp³-hybridized carbons (Fsp3) is 1.00. The van der Waals surface area contributed by atoms with Gasteiger partial charge >= 0.3 is 0 Å². The average Bonchev–Trinajstić information content (AvgIpc) is 3.10. The summed E-state index contributed by atoms with van der Waals surface area (Å²) in [5.41, 5.74) is 0. The number of hydrogen-bond donors (Lipinski definition) is 1. The third kappa shape index (κ3) is 3.72. The largest absolute Gasteiger partial charge is 0.313 e. The predicted octanol–water partition coefficient (Wildman–Crippen LogP) is 3.56. The van der Waals surface area contributed by atoms with Gasteiger partial charge in [0.2, 0.25) is 0 Å². The summed E-state index contributed by atoms with van der Waals surface area (Å²) in [6.07, 6.45) is 16.2. The molecule has 3 aliphatic rings. The second kappa shape index (κ2) is 7.08. The topological polar surface area (TPSA) is 15.3 Å². The van der Waals surface area contributed by atoms with Crippen molar-refractivity contribution in [1.82, 2.24) is 10.2 Å². The molecule has 1 aliphatic heterocycles. The van der Waals surface area contributed by atoms with Gasteiger partial charge in [-0.05, 0) is 51.0 Å². The van der Waals surface area contributed by atoms with E-state index in [1.807, 2.05) is 0 Å². The van der Waals surface area contributed by atoms with Crippen molar-refractivity contribution < 1.29 is 0 Å². The van der Waals surface area contributed by atoms with Crippen LogP contribution in [0.15, 0.2) is 0 Å². The molecular formula is C17H32N2. The van der Waals surface area contributed by atoms with Crippen LogP contribution in [0.3, 0.4) is 0 Å². The zero-order valence-corrected chi connectivity index (χ0v) is 12.6. The number of likely N-dealkylation sites (tertiary alicyclic amines) is 1. The first-order valence-corrected chi connectivity index (χ1v) is 8.91. The first kappa shape index (κ1) is 13.9. The molecule has 19 heavy (non-hydrogen) atoms. The molecule has 2 aliphatic carbocycles. The summed E-state index contributed by atoms with van der Waals surface area (Å²) in [5, 5.41) is 3.82. The van der Waals surface area contributed by atoms with Gasteiger partial charge in [0, 0.05) is 25.2 Å². The minimum atomic E-state index is 0.835. The Hall–Kier alpha value is -0.0800. The molecule has 1 heterocycles. The fourth-order valence-electron chi connectivity index (χ4n) is 4.72. The lowest BCUT2D eigenvalue weighted by molar-refractivity contribution is 0.187. The summed E-state index contributed by atoms with van der Waals surface area (Å²) >= 11 is 0. The Morgan fingerprint density at radius 2 is 1.53 bits per heavy atom. The normalized spacial score (nSPS) is 31.3. The van der Waals surface area contributed by atoms with E-state index in [4.69, 9.17) is 0 Å². The van der Waals surface area contributed by atoms with E-state index >= 15 is 0 Å². The summed E-state index contributed by atoms with van der Waals surface area (Å²) in [7, 11) is 0. The lowest BCUT2D eigenvalue weighted by Crippen LogP contribution is -2.41. The van der Waals surface area contributed by atoms with E-state index in [0.717, 1.165) is 18.0 Å². The van der Waals surface area contributed by atoms with Gasteiger partial charge in [0.15, 0.2) is 0 Å². The second-order valence-corrected chi connectivity index (χ2v) is 7.08. The Bertz CT molecular complexity index is 254. The molecule has 0 aromatic rings. The highest BCUT2D eigenvalue weighted by Gasteiger charge is 2.32. The number of nitrogens with zero attached hydrogens (tertiary/aromatic N) is 1. The molecule has 110 valence electrons. The van der Waals surface area contributed by atoms with Gasteiger partial charge in [-0.25, -0.2) is 0 Å². The Morgan fingerprint density at radius 1 is 0.789 bits per heavy atom. The highest BCUT2D eigenvalue weighted by Crippen LogP contribution is 2.35. The van der Waals surface area contributed by atoms with E-state index in [9.17, 15) is 0 Å². The van der Waals surface area contributed by atoms with Crippen LogP contribution in [0.1, 0.15) is 70.6 Å². The third-order valence-corrected chi connectivity index (χ3v) is 5.80. The van der Waals surface area contributed by atoms with Crippen molar-refractivity contribution in [3.05, 3.63) is 0 Å². The monoisotopic (exact) mass is 264 g/mol. The first-order valence-electron chi connectivity index (χ1n) is 8.91. The number of rotatable bonds is 5. The van der Waals surface area contributed by atoms with Crippen molar-refractivity contribution >= 4 is 0 Å². The Balaban J connectivity index is 1.38. The maximum absolute atomic E-state index is 3.82.